The Morgan fingerprint density at radius 3 is 2.95 bits per heavy atom. The van der Waals surface area contributed by atoms with E-state index in [2.05, 4.69) is 15.3 Å². The van der Waals surface area contributed by atoms with Crippen molar-refractivity contribution in [2.45, 2.75) is 26.4 Å². The number of nitrogens with one attached hydrogen (secondary N) is 1. The first-order valence-electron chi connectivity index (χ1n) is 5.93. The average molecular weight is 294 g/mol. The molecule has 0 aliphatic carbocycles. The van der Waals surface area contributed by atoms with Crippen LogP contribution in [-0.2, 0) is 11.3 Å². The van der Waals surface area contributed by atoms with Gasteiger partial charge in [0.1, 0.15) is 11.6 Å². The highest BCUT2D eigenvalue weighted by molar-refractivity contribution is 7.09. The molecule has 2 aromatic rings. The lowest BCUT2D eigenvalue weighted by Gasteiger charge is -2.12. The summed E-state index contributed by atoms with van der Waals surface area (Å²) < 4.78 is 1.09. The molecule has 0 fully saturated rings. The fourth-order valence-corrected chi connectivity index (χ4v) is 2.46. The van der Waals surface area contributed by atoms with Gasteiger partial charge in [-0.15, -0.1) is 11.3 Å². The number of rotatable bonds is 5. The number of aliphatic carboxylic acids is 1. The van der Waals surface area contributed by atoms with E-state index < -0.39 is 11.5 Å². The van der Waals surface area contributed by atoms with Crippen LogP contribution in [0.5, 0.6) is 0 Å². The number of carboxylic acids is 1. The largest absolute Gasteiger partial charge is 0.480 e. The van der Waals surface area contributed by atoms with Gasteiger partial charge < -0.3 is 10.4 Å². The van der Waals surface area contributed by atoms with Gasteiger partial charge in [0.2, 0.25) is 0 Å². The summed E-state index contributed by atoms with van der Waals surface area (Å²) in [5.74, 6) is -0.957. The molecule has 7 nitrogen and oxygen atoms in total. The lowest BCUT2D eigenvalue weighted by atomic mass is 10.3. The van der Waals surface area contributed by atoms with Gasteiger partial charge in [-0.3, -0.25) is 14.2 Å². The second-order valence-electron chi connectivity index (χ2n) is 4.30. The van der Waals surface area contributed by atoms with Crippen LogP contribution in [0.3, 0.4) is 0 Å². The number of hydrogen-bond donors (Lipinski definition) is 2. The van der Waals surface area contributed by atoms with Crippen LogP contribution in [0.2, 0.25) is 0 Å². The Kier molecular flexibility index (Phi) is 4.14. The molecule has 2 N–H and O–H groups in total. The first-order chi connectivity index (χ1) is 9.47. The summed E-state index contributed by atoms with van der Waals surface area (Å²) >= 11 is 1.49. The lowest BCUT2D eigenvalue weighted by Crippen LogP contribution is -2.27. The van der Waals surface area contributed by atoms with Gasteiger partial charge >= 0.3 is 5.97 Å². The summed E-state index contributed by atoms with van der Waals surface area (Å²) in [6.07, 6.45) is 2.74. The fraction of sp³-hybridized carbons (Fsp3) is 0.333. The molecule has 0 saturated carbocycles. The summed E-state index contributed by atoms with van der Waals surface area (Å²) in [6, 6.07) is -0.172. The maximum absolute atomic E-state index is 12.0. The van der Waals surface area contributed by atoms with Gasteiger partial charge in [-0.05, 0) is 13.8 Å². The molecular weight excluding hydrogens is 280 g/mol. The Morgan fingerprint density at radius 1 is 1.60 bits per heavy atom. The van der Waals surface area contributed by atoms with Crippen molar-refractivity contribution >= 4 is 23.1 Å². The molecule has 0 amide bonds. The molecule has 0 aliphatic heterocycles. The van der Waals surface area contributed by atoms with Crippen molar-refractivity contribution in [3.8, 4) is 0 Å². The molecular formula is C12H14N4O3S. The van der Waals surface area contributed by atoms with E-state index >= 15 is 0 Å². The maximum atomic E-state index is 12.0. The zero-order valence-electron chi connectivity index (χ0n) is 11.0. The Balaban J connectivity index is 2.21. The minimum Gasteiger partial charge on any atom is -0.480 e. The summed E-state index contributed by atoms with van der Waals surface area (Å²) in [6.45, 7) is 3.38. The molecule has 1 atom stereocenters. The molecule has 2 aromatic heterocycles. The van der Waals surface area contributed by atoms with Crippen LogP contribution < -0.4 is 10.9 Å². The van der Waals surface area contributed by atoms with Crippen molar-refractivity contribution < 1.29 is 9.90 Å². The van der Waals surface area contributed by atoms with Crippen LogP contribution in [0.15, 0.2) is 22.6 Å². The predicted octanol–water partition coefficient (Wildman–Crippen LogP) is 1.27. The molecule has 8 heteroatoms. The van der Waals surface area contributed by atoms with E-state index in [9.17, 15) is 9.59 Å². The highest BCUT2D eigenvalue weighted by Gasteiger charge is 2.13. The zero-order valence-corrected chi connectivity index (χ0v) is 11.8. The lowest BCUT2D eigenvalue weighted by molar-refractivity contribution is -0.137. The molecule has 2 heterocycles. The maximum Gasteiger partial charge on any atom is 0.323 e. The van der Waals surface area contributed by atoms with E-state index in [4.69, 9.17) is 5.11 Å². The standard InChI is InChI=1S/C12H14N4O3S/c1-7-6-20-11(14-7)8(2)15-10-12(19)16(4-3-13-10)5-9(17)18/h3-4,6,8H,5H2,1-2H3,(H,13,15)(H,17,18). The van der Waals surface area contributed by atoms with E-state index in [0.717, 1.165) is 15.3 Å². The third-order valence-electron chi connectivity index (χ3n) is 2.58. The summed E-state index contributed by atoms with van der Waals surface area (Å²) in [4.78, 5) is 31.0. The van der Waals surface area contributed by atoms with Gasteiger partial charge in [-0.2, -0.15) is 0 Å². The Labute approximate surface area is 118 Å². The number of aryl methyl sites for hydroxylation is 1. The summed E-state index contributed by atoms with van der Waals surface area (Å²) in [5, 5.41) is 14.5. The first kappa shape index (κ1) is 14.2. The van der Waals surface area contributed by atoms with Crippen molar-refractivity contribution in [3.63, 3.8) is 0 Å². The fourth-order valence-electron chi connectivity index (χ4n) is 1.65. The molecule has 2 rings (SSSR count). The zero-order chi connectivity index (χ0) is 14.7. The number of hydrogen-bond acceptors (Lipinski definition) is 6. The molecule has 106 valence electrons. The highest BCUT2D eigenvalue weighted by atomic mass is 32.1. The van der Waals surface area contributed by atoms with Gasteiger partial charge in [0, 0.05) is 23.5 Å². The van der Waals surface area contributed by atoms with Gasteiger partial charge in [-0.1, -0.05) is 0 Å². The van der Waals surface area contributed by atoms with Gasteiger partial charge in [-0.25, -0.2) is 9.97 Å². The second-order valence-corrected chi connectivity index (χ2v) is 5.19. The number of aromatic nitrogens is 3. The molecule has 0 spiro atoms. The van der Waals surface area contributed by atoms with Crippen LogP contribution in [0.25, 0.3) is 0 Å². The van der Waals surface area contributed by atoms with Crippen LogP contribution in [-0.4, -0.2) is 25.6 Å². The number of thiazole rings is 1. The third-order valence-corrected chi connectivity index (χ3v) is 3.73. The van der Waals surface area contributed by atoms with E-state index in [1.165, 1.54) is 23.7 Å². The molecule has 20 heavy (non-hydrogen) atoms. The summed E-state index contributed by atoms with van der Waals surface area (Å²) in [5.41, 5.74) is 0.456. The average Bonchev–Trinajstić information content (AvgIpc) is 2.80. The van der Waals surface area contributed by atoms with Crippen LogP contribution in [0.4, 0.5) is 5.82 Å². The third kappa shape index (κ3) is 3.21. The van der Waals surface area contributed by atoms with E-state index in [-0.39, 0.29) is 18.4 Å². The van der Waals surface area contributed by atoms with Crippen molar-refractivity contribution in [1.29, 1.82) is 0 Å². The number of carboxylic acid groups (broad SMARTS) is 1. The molecule has 0 bridgehead atoms. The Morgan fingerprint density at radius 2 is 2.35 bits per heavy atom. The van der Waals surface area contributed by atoms with Crippen molar-refractivity contribution in [1.82, 2.24) is 14.5 Å². The quantitative estimate of drug-likeness (QED) is 0.862. The normalized spacial score (nSPS) is 12.1. The summed E-state index contributed by atoms with van der Waals surface area (Å²) in [7, 11) is 0. The van der Waals surface area contributed by atoms with Crippen LogP contribution in [0.1, 0.15) is 23.7 Å². The van der Waals surface area contributed by atoms with Crippen LogP contribution >= 0.6 is 11.3 Å². The van der Waals surface area contributed by atoms with Crippen molar-refractivity contribution in [2.24, 2.45) is 0 Å². The number of anilines is 1. The Hall–Kier alpha value is -2.22. The number of carbonyl (C=O) groups is 1. The first-order valence-corrected chi connectivity index (χ1v) is 6.81. The molecule has 0 aliphatic rings. The van der Waals surface area contributed by atoms with Crippen molar-refractivity contribution in [2.75, 3.05) is 5.32 Å². The molecule has 1 unspecified atom stereocenters. The highest BCUT2D eigenvalue weighted by Crippen LogP contribution is 2.19. The predicted molar refractivity (Wildman–Crippen MR) is 75.0 cm³/mol. The van der Waals surface area contributed by atoms with Crippen molar-refractivity contribution in [3.05, 3.63) is 38.8 Å². The Bertz CT molecular complexity index is 679. The van der Waals surface area contributed by atoms with E-state index in [1.54, 1.807) is 0 Å². The molecule has 0 saturated heterocycles. The minimum atomic E-state index is -1.08. The SMILES string of the molecule is Cc1csc(C(C)Nc2nccn(CC(=O)O)c2=O)n1. The minimum absolute atomic E-state index is 0.120. The number of nitrogens with zero attached hydrogens (tertiary/aromatic N) is 3. The molecule has 0 radical (unpaired) electrons. The van der Waals surface area contributed by atoms with Gasteiger partial charge in [0.15, 0.2) is 5.82 Å². The van der Waals surface area contributed by atoms with E-state index in [0.29, 0.717) is 0 Å². The second kappa shape index (κ2) is 5.83. The van der Waals surface area contributed by atoms with Crippen LogP contribution in [0, 0.1) is 6.92 Å². The smallest absolute Gasteiger partial charge is 0.323 e. The topological polar surface area (TPSA) is 97.1 Å². The van der Waals surface area contributed by atoms with Gasteiger partial charge in [0.25, 0.3) is 5.56 Å². The van der Waals surface area contributed by atoms with E-state index in [1.807, 2.05) is 19.2 Å². The molecule has 0 aromatic carbocycles. The monoisotopic (exact) mass is 294 g/mol. The van der Waals surface area contributed by atoms with Gasteiger partial charge in [0.05, 0.1) is 6.04 Å².